The zero-order valence-corrected chi connectivity index (χ0v) is 18.5. The molecule has 0 heteroatoms. The normalized spacial score (nSPS) is 24.3. The van der Waals surface area contributed by atoms with Crippen LogP contribution in [0.4, 0.5) is 0 Å². The van der Waals surface area contributed by atoms with Crippen molar-refractivity contribution < 1.29 is 0 Å². The van der Waals surface area contributed by atoms with E-state index in [2.05, 4.69) is 6.92 Å². The van der Waals surface area contributed by atoms with E-state index in [1.54, 1.807) is 0 Å². The second-order valence-electron chi connectivity index (χ2n) is 9.46. The molecule has 0 aromatic rings. The molecule has 0 aliphatic heterocycles. The number of rotatable bonds is 0. The predicted octanol–water partition coefficient (Wildman–Crippen LogP) is 10.00. The molecule has 1 saturated carbocycles. The van der Waals surface area contributed by atoms with Crippen LogP contribution < -0.4 is 0 Å². The smallest absolute Gasteiger partial charge is 0.0443 e. The van der Waals surface area contributed by atoms with Crippen molar-refractivity contribution in [3.63, 3.8) is 0 Å². The zero-order valence-electron chi connectivity index (χ0n) is 18.5. The first-order valence-corrected chi connectivity index (χ1v) is 12.9. The lowest BCUT2D eigenvalue weighted by Gasteiger charge is -2.11. The van der Waals surface area contributed by atoms with Crippen LogP contribution in [0, 0.1) is 5.92 Å². The van der Waals surface area contributed by atoms with E-state index in [9.17, 15) is 0 Å². The highest BCUT2D eigenvalue weighted by Crippen LogP contribution is 2.19. The van der Waals surface area contributed by atoms with Gasteiger partial charge in [-0.1, -0.05) is 161 Å². The lowest BCUT2D eigenvalue weighted by atomic mass is 9.95. The first-order valence-electron chi connectivity index (χ1n) is 12.9. The van der Waals surface area contributed by atoms with Gasteiger partial charge in [-0.3, -0.25) is 0 Å². The van der Waals surface area contributed by atoms with E-state index in [0.29, 0.717) is 0 Å². The zero-order chi connectivity index (χ0) is 18.5. The second kappa shape index (κ2) is 19.8. The number of hydrogen-bond acceptors (Lipinski definition) is 0. The third kappa shape index (κ3) is 17.4. The van der Waals surface area contributed by atoms with Crippen LogP contribution in [-0.4, -0.2) is 0 Å². The first-order chi connectivity index (χ1) is 12.9. The van der Waals surface area contributed by atoms with E-state index in [0.717, 1.165) is 5.92 Å². The van der Waals surface area contributed by atoms with Crippen LogP contribution >= 0.6 is 0 Å². The molecule has 156 valence electrons. The van der Waals surface area contributed by atoms with E-state index in [1.165, 1.54) is 154 Å². The highest BCUT2D eigenvalue weighted by Gasteiger charge is 2.02. The van der Waals surface area contributed by atoms with Gasteiger partial charge in [-0.15, -0.1) is 0 Å². The van der Waals surface area contributed by atoms with Gasteiger partial charge in [0.05, 0.1) is 0 Å². The van der Waals surface area contributed by atoms with Gasteiger partial charge in [0, 0.05) is 0 Å². The molecule has 0 saturated heterocycles. The fourth-order valence-corrected chi connectivity index (χ4v) is 4.67. The molecule has 1 fully saturated rings. The molecule has 0 unspecified atom stereocenters. The molecule has 1 aliphatic carbocycles. The van der Waals surface area contributed by atoms with Gasteiger partial charge in [-0.25, -0.2) is 0 Å². The van der Waals surface area contributed by atoms with Crippen LogP contribution in [0.1, 0.15) is 161 Å². The third-order valence-corrected chi connectivity index (χ3v) is 6.64. The summed E-state index contributed by atoms with van der Waals surface area (Å²) in [4.78, 5) is 0. The van der Waals surface area contributed by atoms with Crippen LogP contribution in [-0.2, 0) is 0 Å². The average molecular weight is 365 g/mol. The summed E-state index contributed by atoms with van der Waals surface area (Å²) in [6.07, 6.45) is 35.9. The molecule has 0 aromatic heterocycles. The van der Waals surface area contributed by atoms with Gasteiger partial charge in [0.2, 0.25) is 0 Å². The molecule has 0 amide bonds. The van der Waals surface area contributed by atoms with Crippen molar-refractivity contribution in [2.24, 2.45) is 5.92 Å². The largest absolute Gasteiger partial charge is 0.0625 e. The summed E-state index contributed by atoms with van der Waals surface area (Å²) in [6, 6.07) is 0. The van der Waals surface area contributed by atoms with E-state index in [1.807, 2.05) is 0 Å². The summed E-state index contributed by atoms with van der Waals surface area (Å²) in [5.74, 6) is 0.976. The molecule has 0 heterocycles. The van der Waals surface area contributed by atoms with E-state index < -0.39 is 0 Å². The van der Waals surface area contributed by atoms with Crippen molar-refractivity contribution in [2.45, 2.75) is 161 Å². The van der Waals surface area contributed by atoms with Crippen LogP contribution in [0.25, 0.3) is 0 Å². The van der Waals surface area contributed by atoms with Crippen LogP contribution in [0.15, 0.2) is 0 Å². The summed E-state index contributed by atoms with van der Waals surface area (Å²) in [5, 5.41) is 0. The maximum atomic E-state index is 2.49. The maximum absolute atomic E-state index is 2.49. The van der Waals surface area contributed by atoms with Crippen molar-refractivity contribution in [2.75, 3.05) is 0 Å². The molecule has 0 atom stereocenters. The van der Waals surface area contributed by atoms with Crippen molar-refractivity contribution in [3.05, 3.63) is 0 Å². The van der Waals surface area contributed by atoms with Crippen molar-refractivity contribution in [3.8, 4) is 0 Å². The fraction of sp³-hybridized carbons (Fsp3) is 1.00. The molecule has 0 nitrogen and oxygen atoms in total. The fourth-order valence-electron chi connectivity index (χ4n) is 4.67. The molecule has 0 spiro atoms. The maximum Gasteiger partial charge on any atom is -0.0443 e. The molecule has 0 bridgehead atoms. The Kier molecular flexibility index (Phi) is 18.3. The molecule has 0 radical (unpaired) electrons. The number of hydrogen-bond donors (Lipinski definition) is 0. The summed E-state index contributed by atoms with van der Waals surface area (Å²) < 4.78 is 0. The van der Waals surface area contributed by atoms with Gasteiger partial charge in [-0.05, 0) is 5.92 Å². The minimum atomic E-state index is 0.976. The second-order valence-corrected chi connectivity index (χ2v) is 9.46. The van der Waals surface area contributed by atoms with Crippen molar-refractivity contribution in [1.82, 2.24) is 0 Å². The molecule has 1 rings (SSSR count). The Morgan fingerprint density at radius 3 is 0.615 bits per heavy atom. The predicted molar refractivity (Wildman–Crippen MR) is 120 cm³/mol. The van der Waals surface area contributed by atoms with Gasteiger partial charge in [0.15, 0.2) is 0 Å². The Balaban J connectivity index is 2.07. The SMILES string of the molecule is CC1CCCCCCCCCCCCCCCCCCCCCCCC1. The molecule has 1 aliphatic rings. The van der Waals surface area contributed by atoms with Crippen LogP contribution in [0.3, 0.4) is 0 Å². The lowest BCUT2D eigenvalue weighted by Crippen LogP contribution is -1.95. The molecular weight excluding hydrogens is 312 g/mol. The quantitative estimate of drug-likeness (QED) is 0.401. The third-order valence-electron chi connectivity index (χ3n) is 6.64. The summed E-state index contributed by atoms with van der Waals surface area (Å²) in [7, 11) is 0. The van der Waals surface area contributed by atoms with Gasteiger partial charge in [-0.2, -0.15) is 0 Å². The minimum Gasteiger partial charge on any atom is -0.0625 e. The summed E-state index contributed by atoms with van der Waals surface area (Å²) >= 11 is 0. The van der Waals surface area contributed by atoms with Crippen LogP contribution in [0.2, 0.25) is 0 Å². The molecule has 0 N–H and O–H groups in total. The van der Waals surface area contributed by atoms with Crippen molar-refractivity contribution >= 4 is 0 Å². The topological polar surface area (TPSA) is 0 Å². The highest BCUT2D eigenvalue weighted by molar-refractivity contribution is 4.56. The minimum absolute atomic E-state index is 0.976. The Bertz CT molecular complexity index is 231. The average Bonchev–Trinajstić information content (AvgIpc) is 2.64. The van der Waals surface area contributed by atoms with Gasteiger partial charge in [0.25, 0.3) is 0 Å². The lowest BCUT2D eigenvalue weighted by molar-refractivity contribution is 0.430. The van der Waals surface area contributed by atoms with E-state index >= 15 is 0 Å². The molecular formula is C26H52. The van der Waals surface area contributed by atoms with Crippen LogP contribution in [0.5, 0.6) is 0 Å². The Labute approximate surface area is 167 Å². The summed E-state index contributed by atoms with van der Waals surface area (Å²) in [5.41, 5.74) is 0. The Hall–Kier alpha value is 0. The molecule has 26 heavy (non-hydrogen) atoms. The first kappa shape index (κ1) is 24.0. The van der Waals surface area contributed by atoms with Gasteiger partial charge >= 0.3 is 0 Å². The Morgan fingerprint density at radius 2 is 0.423 bits per heavy atom. The van der Waals surface area contributed by atoms with E-state index in [4.69, 9.17) is 0 Å². The standard InChI is InChI=1S/C26H52/c1-26-24-22-20-18-16-14-12-10-8-6-4-2-3-5-7-9-11-13-15-17-19-21-23-25-26/h26H,2-25H2,1H3. The van der Waals surface area contributed by atoms with Crippen molar-refractivity contribution in [1.29, 1.82) is 0 Å². The van der Waals surface area contributed by atoms with Gasteiger partial charge < -0.3 is 0 Å². The Morgan fingerprint density at radius 1 is 0.269 bits per heavy atom. The molecule has 0 aromatic carbocycles. The highest BCUT2D eigenvalue weighted by atomic mass is 14.1. The monoisotopic (exact) mass is 364 g/mol. The van der Waals surface area contributed by atoms with Gasteiger partial charge in [0.1, 0.15) is 0 Å². The summed E-state index contributed by atoms with van der Waals surface area (Å²) in [6.45, 7) is 2.49. The van der Waals surface area contributed by atoms with E-state index in [-0.39, 0.29) is 0 Å².